The third-order valence-electron chi connectivity index (χ3n) is 2.29. The van der Waals surface area contributed by atoms with Crippen LogP contribution in [-0.4, -0.2) is 16.8 Å². The summed E-state index contributed by atoms with van der Waals surface area (Å²) in [6.45, 7) is 3.64. The van der Waals surface area contributed by atoms with Crippen molar-refractivity contribution in [1.82, 2.24) is 0 Å². The minimum absolute atomic E-state index is 0.109. The van der Waals surface area contributed by atoms with Gasteiger partial charge in [0, 0.05) is 0 Å². The second kappa shape index (κ2) is 3.77. The van der Waals surface area contributed by atoms with E-state index < -0.39 is 6.04 Å². The molecule has 0 radical (unpaired) electrons. The summed E-state index contributed by atoms with van der Waals surface area (Å²) in [5.41, 5.74) is 8.23. The lowest BCUT2D eigenvalue weighted by Crippen LogP contribution is -2.14. The minimum atomic E-state index is -0.412. The van der Waals surface area contributed by atoms with Gasteiger partial charge in [-0.05, 0) is 36.6 Å². The van der Waals surface area contributed by atoms with Gasteiger partial charge in [0.2, 0.25) is 0 Å². The summed E-state index contributed by atoms with van der Waals surface area (Å²) in [6.07, 6.45) is 0. The number of phenols is 1. The lowest BCUT2D eigenvalue weighted by Gasteiger charge is -2.12. The average molecular weight is 181 g/mol. The molecule has 0 saturated heterocycles. The van der Waals surface area contributed by atoms with Crippen LogP contribution >= 0.6 is 0 Å². The van der Waals surface area contributed by atoms with E-state index >= 15 is 0 Å². The molecule has 72 valence electrons. The summed E-state index contributed by atoms with van der Waals surface area (Å²) in [4.78, 5) is 0. The summed E-state index contributed by atoms with van der Waals surface area (Å²) in [6, 6.07) is 3.07. The Hall–Kier alpha value is -1.06. The van der Waals surface area contributed by atoms with Crippen LogP contribution in [0.4, 0.5) is 0 Å². The summed E-state index contributed by atoms with van der Waals surface area (Å²) >= 11 is 0. The van der Waals surface area contributed by atoms with Crippen molar-refractivity contribution in [2.75, 3.05) is 6.61 Å². The average Bonchev–Trinajstić information content (AvgIpc) is 2.12. The molecule has 0 fully saturated rings. The number of aliphatic hydroxyl groups excluding tert-OH is 1. The maximum atomic E-state index is 9.49. The molecular formula is C10H15NO2. The van der Waals surface area contributed by atoms with E-state index in [1.165, 1.54) is 0 Å². The number of hydrogen-bond acceptors (Lipinski definition) is 3. The first-order valence-corrected chi connectivity index (χ1v) is 4.22. The lowest BCUT2D eigenvalue weighted by atomic mass is 10.0. The van der Waals surface area contributed by atoms with E-state index in [1.54, 1.807) is 6.07 Å². The van der Waals surface area contributed by atoms with Crippen molar-refractivity contribution in [2.24, 2.45) is 5.73 Å². The van der Waals surface area contributed by atoms with Gasteiger partial charge in [-0.2, -0.15) is 0 Å². The van der Waals surface area contributed by atoms with Crippen molar-refractivity contribution in [3.8, 4) is 5.75 Å². The molecule has 0 aliphatic heterocycles. The van der Waals surface area contributed by atoms with Crippen molar-refractivity contribution in [3.05, 3.63) is 28.8 Å². The maximum Gasteiger partial charge on any atom is 0.119 e. The minimum Gasteiger partial charge on any atom is -0.508 e. The quantitative estimate of drug-likeness (QED) is 0.637. The van der Waals surface area contributed by atoms with Gasteiger partial charge in [-0.3, -0.25) is 0 Å². The molecule has 0 aliphatic carbocycles. The fraction of sp³-hybridized carbons (Fsp3) is 0.400. The Labute approximate surface area is 77.8 Å². The van der Waals surface area contributed by atoms with Crippen LogP contribution in [0.5, 0.6) is 5.75 Å². The van der Waals surface area contributed by atoms with Gasteiger partial charge in [0.05, 0.1) is 12.6 Å². The van der Waals surface area contributed by atoms with Crippen molar-refractivity contribution in [3.63, 3.8) is 0 Å². The number of aromatic hydroxyl groups is 1. The molecule has 1 rings (SSSR count). The first-order valence-electron chi connectivity index (χ1n) is 4.22. The van der Waals surface area contributed by atoms with Crippen LogP contribution in [0.15, 0.2) is 12.1 Å². The predicted molar refractivity (Wildman–Crippen MR) is 51.6 cm³/mol. The highest BCUT2D eigenvalue weighted by atomic mass is 16.3. The molecule has 0 bridgehead atoms. The molecule has 0 saturated carbocycles. The smallest absolute Gasteiger partial charge is 0.119 e. The molecule has 13 heavy (non-hydrogen) atoms. The van der Waals surface area contributed by atoms with E-state index in [1.807, 2.05) is 19.9 Å². The van der Waals surface area contributed by atoms with Gasteiger partial charge in [0.15, 0.2) is 0 Å². The van der Waals surface area contributed by atoms with Crippen molar-refractivity contribution in [1.29, 1.82) is 0 Å². The number of phenolic OH excluding ortho intramolecular Hbond substituents is 1. The Bertz CT molecular complexity index is 287. The zero-order chi connectivity index (χ0) is 10.0. The zero-order valence-electron chi connectivity index (χ0n) is 7.91. The first kappa shape index (κ1) is 10.0. The summed E-state index contributed by atoms with van der Waals surface area (Å²) < 4.78 is 0. The molecule has 4 N–H and O–H groups in total. The van der Waals surface area contributed by atoms with Crippen LogP contribution < -0.4 is 5.73 Å². The van der Waals surface area contributed by atoms with E-state index in [4.69, 9.17) is 10.8 Å². The Balaban J connectivity index is 3.13. The number of benzene rings is 1. The van der Waals surface area contributed by atoms with Crippen LogP contribution in [0.1, 0.15) is 22.7 Å². The van der Waals surface area contributed by atoms with Crippen LogP contribution in [-0.2, 0) is 0 Å². The van der Waals surface area contributed by atoms with Crippen LogP contribution in [0.2, 0.25) is 0 Å². The fourth-order valence-corrected chi connectivity index (χ4v) is 1.19. The van der Waals surface area contributed by atoms with E-state index in [-0.39, 0.29) is 12.4 Å². The molecule has 3 nitrogen and oxygen atoms in total. The molecule has 1 aromatic carbocycles. The second-order valence-corrected chi connectivity index (χ2v) is 3.27. The molecule has 0 amide bonds. The zero-order valence-corrected chi connectivity index (χ0v) is 7.91. The molecule has 3 heteroatoms. The van der Waals surface area contributed by atoms with Gasteiger partial charge in [-0.1, -0.05) is 6.07 Å². The highest BCUT2D eigenvalue weighted by molar-refractivity contribution is 5.42. The standard InChI is InChI=1S/C10H15NO2/c1-6-3-8(9(11)5-12)4-10(13)7(6)2/h3-4,9,12-13H,5,11H2,1-2H3. The molecule has 0 aliphatic rings. The topological polar surface area (TPSA) is 66.5 Å². The van der Waals surface area contributed by atoms with Crippen LogP contribution in [0.3, 0.4) is 0 Å². The highest BCUT2D eigenvalue weighted by Gasteiger charge is 2.08. The third-order valence-corrected chi connectivity index (χ3v) is 2.29. The number of hydrogen-bond donors (Lipinski definition) is 3. The fourth-order valence-electron chi connectivity index (χ4n) is 1.19. The van der Waals surface area contributed by atoms with Gasteiger partial charge >= 0.3 is 0 Å². The Morgan fingerprint density at radius 3 is 2.46 bits per heavy atom. The lowest BCUT2D eigenvalue weighted by molar-refractivity contribution is 0.267. The van der Waals surface area contributed by atoms with Gasteiger partial charge in [-0.15, -0.1) is 0 Å². The molecule has 0 aromatic heterocycles. The molecule has 1 unspecified atom stereocenters. The molecule has 0 spiro atoms. The molecular weight excluding hydrogens is 166 g/mol. The monoisotopic (exact) mass is 181 g/mol. The Morgan fingerprint density at radius 2 is 2.00 bits per heavy atom. The number of nitrogens with two attached hydrogens (primary N) is 1. The van der Waals surface area contributed by atoms with E-state index in [0.29, 0.717) is 0 Å². The Morgan fingerprint density at radius 1 is 1.38 bits per heavy atom. The molecule has 1 atom stereocenters. The van der Waals surface area contributed by atoms with Gasteiger partial charge in [-0.25, -0.2) is 0 Å². The molecule has 0 heterocycles. The van der Waals surface area contributed by atoms with Gasteiger partial charge in [0.25, 0.3) is 0 Å². The van der Waals surface area contributed by atoms with E-state index in [9.17, 15) is 5.11 Å². The van der Waals surface area contributed by atoms with Crippen molar-refractivity contribution in [2.45, 2.75) is 19.9 Å². The van der Waals surface area contributed by atoms with Crippen molar-refractivity contribution >= 4 is 0 Å². The predicted octanol–water partition coefficient (Wildman–Crippen LogP) is 1.00. The number of aliphatic hydroxyl groups is 1. The van der Waals surface area contributed by atoms with E-state index in [0.717, 1.165) is 16.7 Å². The van der Waals surface area contributed by atoms with Gasteiger partial charge in [0.1, 0.15) is 5.75 Å². The van der Waals surface area contributed by atoms with Crippen LogP contribution in [0, 0.1) is 13.8 Å². The van der Waals surface area contributed by atoms with Crippen LogP contribution in [0.25, 0.3) is 0 Å². The van der Waals surface area contributed by atoms with Gasteiger partial charge < -0.3 is 15.9 Å². The van der Waals surface area contributed by atoms with Crippen molar-refractivity contribution < 1.29 is 10.2 Å². The highest BCUT2D eigenvalue weighted by Crippen LogP contribution is 2.24. The molecule has 1 aromatic rings. The normalized spacial score (nSPS) is 12.9. The Kier molecular flexibility index (Phi) is 2.90. The SMILES string of the molecule is Cc1cc(C(N)CO)cc(O)c1C. The largest absolute Gasteiger partial charge is 0.508 e. The first-order chi connectivity index (χ1) is 6.06. The number of aryl methyl sites for hydroxylation is 1. The summed E-state index contributed by atoms with van der Waals surface area (Å²) in [7, 11) is 0. The summed E-state index contributed by atoms with van der Waals surface area (Å²) in [5, 5.41) is 18.3. The maximum absolute atomic E-state index is 9.49. The second-order valence-electron chi connectivity index (χ2n) is 3.27. The summed E-state index contributed by atoms with van der Waals surface area (Å²) in [5.74, 6) is 0.235. The van der Waals surface area contributed by atoms with E-state index in [2.05, 4.69) is 0 Å². The number of rotatable bonds is 2. The third kappa shape index (κ3) is 1.99.